The van der Waals surface area contributed by atoms with Crippen LogP contribution in [0.5, 0.6) is 5.75 Å². The number of nitrogens with zero attached hydrogens (tertiary/aromatic N) is 1. The molecular formula is C14H20N2O3S. The molecule has 0 saturated carbocycles. The van der Waals surface area contributed by atoms with E-state index in [1.54, 1.807) is 24.3 Å². The molecule has 5 nitrogen and oxygen atoms in total. The standard InChI is InChI=1S/C14H20N2O3S/c1-12-5-7-16(8-6-12)20(17,18)10-9-19-14-4-2-3-13(15)11-14/h2-5,11H,6-10,15H2,1H3. The minimum absolute atomic E-state index is 0.0192. The zero-order valence-corrected chi connectivity index (χ0v) is 12.4. The maximum atomic E-state index is 12.1. The van der Waals surface area contributed by atoms with Crippen LogP contribution in [0.1, 0.15) is 13.3 Å². The maximum absolute atomic E-state index is 12.1. The summed E-state index contributed by atoms with van der Waals surface area (Å²) in [6, 6.07) is 6.97. The summed E-state index contributed by atoms with van der Waals surface area (Å²) >= 11 is 0. The quantitative estimate of drug-likeness (QED) is 0.662. The number of hydrogen-bond donors (Lipinski definition) is 1. The Labute approximate surface area is 120 Å². The van der Waals surface area contributed by atoms with Crippen LogP contribution in [0.2, 0.25) is 0 Å². The Morgan fingerprint density at radius 1 is 1.40 bits per heavy atom. The molecule has 0 unspecified atom stereocenters. The van der Waals surface area contributed by atoms with Crippen molar-refractivity contribution in [3.63, 3.8) is 0 Å². The third-order valence-electron chi connectivity index (χ3n) is 3.26. The van der Waals surface area contributed by atoms with Gasteiger partial charge in [-0.25, -0.2) is 8.42 Å². The summed E-state index contributed by atoms with van der Waals surface area (Å²) in [5.41, 5.74) is 7.48. The summed E-state index contributed by atoms with van der Waals surface area (Å²) in [6.07, 6.45) is 2.76. The van der Waals surface area contributed by atoms with E-state index in [0.717, 1.165) is 6.42 Å². The van der Waals surface area contributed by atoms with Gasteiger partial charge in [-0.15, -0.1) is 0 Å². The lowest BCUT2D eigenvalue weighted by molar-refractivity contribution is 0.335. The smallest absolute Gasteiger partial charge is 0.217 e. The molecule has 0 spiro atoms. The average molecular weight is 296 g/mol. The van der Waals surface area contributed by atoms with Crippen LogP contribution in [0.15, 0.2) is 35.9 Å². The van der Waals surface area contributed by atoms with E-state index in [2.05, 4.69) is 0 Å². The van der Waals surface area contributed by atoms with Crippen molar-refractivity contribution >= 4 is 15.7 Å². The SMILES string of the molecule is CC1=CCN(S(=O)(=O)CCOc2cccc(N)c2)CC1. The van der Waals surface area contributed by atoms with Gasteiger partial charge >= 0.3 is 0 Å². The molecule has 1 heterocycles. The second-order valence-electron chi connectivity index (χ2n) is 4.90. The molecule has 0 fully saturated rings. The van der Waals surface area contributed by atoms with Crippen molar-refractivity contribution in [3.8, 4) is 5.75 Å². The molecule has 1 aliphatic rings. The third-order valence-corrected chi connectivity index (χ3v) is 5.06. The van der Waals surface area contributed by atoms with Gasteiger partial charge in [0.15, 0.2) is 0 Å². The Balaban J connectivity index is 1.87. The monoisotopic (exact) mass is 296 g/mol. The van der Waals surface area contributed by atoms with Crippen LogP contribution in [0.4, 0.5) is 5.69 Å². The van der Waals surface area contributed by atoms with Gasteiger partial charge in [0.05, 0.1) is 5.75 Å². The van der Waals surface area contributed by atoms with Crippen molar-refractivity contribution in [1.82, 2.24) is 4.31 Å². The molecule has 0 aromatic heterocycles. The van der Waals surface area contributed by atoms with Gasteiger partial charge in [-0.3, -0.25) is 0 Å². The highest BCUT2D eigenvalue weighted by molar-refractivity contribution is 7.89. The van der Waals surface area contributed by atoms with E-state index in [0.29, 0.717) is 24.5 Å². The number of anilines is 1. The van der Waals surface area contributed by atoms with E-state index in [1.165, 1.54) is 9.88 Å². The molecule has 20 heavy (non-hydrogen) atoms. The van der Waals surface area contributed by atoms with Crippen molar-refractivity contribution < 1.29 is 13.2 Å². The number of ether oxygens (including phenoxy) is 1. The Kier molecular flexibility index (Phi) is 4.67. The first-order chi connectivity index (χ1) is 9.47. The first-order valence-electron chi connectivity index (χ1n) is 6.59. The van der Waals surface area contributed by atoms with Crippen molar-refractivity contribution in [1.29, 1.82) is 0 Å². The Hall–Kier alpha value is -1.53. The highest BCUT2D eigenvalue weighted by Crippen LogP contribution is 2.16. The molecule has 0 saturated heterocycles. The van der Waals surface area contributed by atoms with Gasteiger partial charge in [-0.1, -0.05) is 17.7 Å². The molecule has 6 heteroatoms. The number of rotatable bonds is 5. The van der Waals surface area contributed by atoms with Gasteiger partial charge < -0.3 is 10.5 Å². The normalized spacial score (nSPS) is 16.8. The summed E-state index contributed by atoms with van der Waals surface area (Å²) in [4.78, 5) is 0. The van der Waals surface area contributed by atoms with Crippen molar-refractivity contribution in [2.24, 2.45) is 0 Å². The zero-order chi connectivity index (χ0) is 14.6. The van der Waals surface area contributed by atoms with Gasteiger partial charge in [0.25, 0.3) is 0 Å². The molecule has 1 aliphatic heterocycles. The molecular weight excluding hydrogens is 276 g/mol. The summed E-state index contributed by atoms with van der Waals surface area (Å²) in [5, 5.41) is 0. The zero-order valence-electron chi connectivity index (χ0n) is 11.6. The lowest BCUT2D eigenvalue weighted by Crippen LogP contribution is -2.37. The maximum Gasteiger partial charge on any atom is 0.217 e. The van der Waals surface area contributed by atoms with Crippen LogP contribution in [0, 0.1) is 0 Å². The topological polar surface area (TPSA) is 72.6 Å². The van der Waals surface area contributed by atoms with Gasteiger partial charge in [-0.2, -0.15) is 4.31 Å². The number of sulfonamides is 1. The fraction of sp³-hybridized carbons (Fsp3) is 0.429. The summed E-state index contributed by atoms with van der Waals surface area (Å²) in [6.45, 7) is 3.17. The molecule has 2 N–H and O–H groups in total. The number of benzene rings is 1. The van der Waals surface area contributed by atoms with Crippen molar-refractivity contribution in [2.45, 2.75) is 13.3 Å². The van der Waals surface area contributed by atoms with E-state index in [9.17, 15) is 8.42 Å². The Morgan fingerprint density at radius 2 is 2.20 bits per heavy atom. The first-order valence-corrected chi connectivity index (χ1v) is 8.20. The van der Waals surface area contributed by atoms with Gasteiger partial charge in [-0.05, 0) is 25.5 Å². The second kappa shape index (κ2) is 6.28. The number of nitrogens with two attached hydrogens (primary N) is 1. The first kappa shape index (κ1) is 14.9. The van der Waals surface area contributed by atoms with Crippen molar-refractivity contribution in [2.75, 3.05) is 31.2 Å². The summed E-state index contributed by atoms with van der Waals surface area (Å²) in [5.74, 6) is 0.573. The fourth-order valence-corrected chi connectivity index (χ4v) is 3.23. The Bertz CT molecular complexity index is 596. The third kappa shape index (κ3) is 3.98. The number of hydrogen-bond acceptors (Lipinski definition) is 4. The minimum Gasteiger partial charge on any atom is -0.492 e. The predicted octanol–water partition coefficient (Wildman–Crippen LogP) is 1.63. The molecule has 0 bridgehead atoms. The second-order valence-corrected chi connectivity index (χ2v) is 6.98. The van der Waals surface area contributed by atoms with Crippen LogP contribution in [0.25, 0.3) is 0 Å². The minimum atomic E-state index is -3.25. The van der Waals surface area contributed by atoms with Gasteiger partial charge in [0.1, 0.15) is 12.4 Å². The van der Waals surface area contributed by atoms with Crippen LogP contribution in [-0.4, -0.2) is 38.2 Å². The van der Waals surface area contributed by atoms with Crippen LogP contribution >= 0.6 is 0 Å². The lowest BCUT2D eigenvalue weighted by Gasteiger charge is -2.24. The number of nitrogen functional groups attached to an aromatic ring is 1. The highest BCUT2D eigenvalue weighted by atomic mass is 32.2. The van der Waals surface area contributed by atoms with Crippen molar-refractivity contribution in [3.05, 3.63) is 35.9 Å². The lowest BCUT2D eigenvalue weighted by atomic mass is 10.1. The fourth-order valence-electron chi connectivity index (χ4n) is 2.00. The molecule has 0 amide bonds. The molecule has 1 aromatic carbocycles. The molecule has 1 aromatic rings. The molecule has 0 aliphatic carbocycles. The van der Waals surface area contributed by atoms with E-state index < -0.39 is 10.0 Å². The summed E-state index contributed by atoms with van der Waals surface area (Å²) < 4.78 is 31.2. The van der Waals surface area contributed by atoms with Crippen LogP contribution in [0.3, 0.4) is 0 Å². The molecule has 110 valence electrons. The Morgan fingerprint density at radius 3 is 2.85 bits per heavy atom. The van der Waals surface area contributed by atoms with E-state index in [4.69, 9.17) is 10.5 Å². The van der Waals surface area contributed by atoms with E-state index in [-0.39, 0.29) is 12.4 Å². The largest absolute Gasteiger partial charge is 0.492 e. The van der Waals surface area contributed by atoms with E-state index >= 15 is 0 Å². The van der Waals surface area contributed by atoms with Gasteiger partial charge in [0.2, 0.25) is 10.0 Å². The molecule has 2 rings (SSSR count). The molecule has 0 atom stereocenters. The van der Waals surface area contributed by atoms with Crippen LogP contribution < -0.4 is 10.5 Å². The van der Waals surface area contributed by atoms with E-state index in [1.807, 2.05) is 13.0 Å². The predicted molar refractivity (Wildman–Crippen MR) is 80.1 cm³/mol. The van der Waals surface area contributed by atoms with Gasteiger partial charge in [0, 0.05) is 24.8 Å². The van der Waals surface area contributed by atoms with Crippen LogP contribution in [-0.2, 0) is 10.0 Å². The molecule has 0 radical (unpaired) electrons. The highest BCUT2D eigenvalue weighted by Gasteiger charge is 2.23. The summed E-state index contributed by atoms with van der Waals surface area (Å²) in [7, 11) is -3.25. The average Bonchev–Trinajstić information content (AvgIpc) is 2.39.